The minimum absolute atomic E-state index is 0.0687. The number of carbonyl (C=O) groups excluding carboxylic acids is 2. The smallest absolute Gasteiger partial charge is 0.330 e. The molecule has 6 atom stereocenters. The van der Waals surface area contributed by atoms with E-state index in [2.05, 4.69) is 33.4 Å². The molecule has 3 aliphatic heterocycles. The van der Waals surface area contributed by atoms with Crippen molar-refractivity contribution >= 4 is 17.5 Å². The van der Waals surface area contributed by atoms with Gasteiger partial charge in [-0.3, -0.25) is 9.59 Å². The summed E-state index contributed by atoms with van der Waals surface area (Å²) in [6.45, 7) is 19.6. The first-order chi connectivity index (χ1) is 21.3. The van der Waals surface area contributed by atoms with Gasteiger partial charge in [0, 0.05) is 57.8 Å². The van der Waals surface area contributed by atoms with Crippen LogP contribution in [0.4, 0.5) is 0 Å². The molecule has 1 aromatic rings. The number of hydrogen-bond donors (Lipinski definition) is 2. The van der Waals surface area contributed by atoms with Gasteiger partial charge in [0.1, 0.15) is 28.4 Å². The van der Waals surface area contributed by atoms with Gasteiger partial charge in [-0.15, -0.1) is 6.58 Å². The minimum atomic E-state index is -1.65. The van der Waals surface area contributed by atoms with Crippen molar-refractivity contribution in [3.05, 3.63) is 64.3 Å². The lowest BCUT2D eigenvalue weighted by molar-refractivity contribution is -0.171. The van der Waals surface area contributed by atoms with Crippen molar-refractivity contribution in [2.45, 2.75) is 115 Å². The summed E-state index contributed by atoms with van der Waals surface area (Å²) in [5.41, 5.74) is -2.59. The normalized spacial score (nSPS) is 34.7. The zero-order chi connectivity index (χ0) is 33.5. The Kier molecular flexibility index (Phi) is 6.22. The number of aromatic hydroxyl groups is 1. The van der Waals surface area contributed by atoms with E-state index in [0.717, 1.165) is 12.8 Å². The first-order valence-corrected chi connectivity index (χ1v) is 16.4. The Bertz CT molecular complexity index is 1750. The molecular weight excluding hydrogens is 584 g/mol. The van der Waals surface area contributed by atoms with E-state index in [1.165, 1.54) is 18.6 Å². The highest BCUT2D eigenvalue weighted by atomic mass is 16.6. The summed E-state index contributed by atoms with van der Waals surface area (Å²) in [6.07, 6.45) is 9.37. The van der Waals surface area contributed by atoms with Crippen molar-refractivity contribution in [2.24, 2.45) is 17.8 Å². The van der Waals surface area contributed by atoms with E-state index >= 15 is 4.79 Å². The first kappa shape index (κ1) is 31.0. The number of ketones is 2. The topological polar surface area (TPSA) is 119 Å². The lowest BCUT2D eigenvalue weighted by atomic mass is 9.51. The predicted molar refractivity (Wildman–Crippen MR) is 172 cm³/mol. The molecule has 3 heterocycles. The molecule has 1 saturated carbocycles. The summed E-state index contributed by atoms with van der Waals surface area (Å²) < 4.78 is 20.9. The number of benzene rings is 1. The Morgan fingerprint density at radius 2 is 1.80 bits per heavy atom. The highest BCUT2D eigenvalue weighted by molar-refractivity contribution is 6.19. The van der Waals surface area contributed by atoms with E-state index in [-0.39, 0.29) is 46.7 Å². The fourth-order valence-corrected chi connectivity index (χ4v) is 9.61. The fourth-order valence-electron chi connectivity index (χ4n) is 9.61. The van der Waals surface area contributed by atoms with Crippen LogP contribution in [0.15, 0.2) is 47.6 Å². The molecule has 0 radical (unpaired) electrons. The van der Waals surface area contributed by atoms with Gasteiger partial charge in [-0.25, -0.2) is 4.79 Å². The number of ether oxygens (including phenoxy) is 3. The van der Waals surface area contributed by atoms with Gasteiger partial charge < -0.3 is 24.4 Å². The van der Waals surface area contributed by atoms with E-state index in [4.69, 9.17) is 14.2 Å². The third-order valence-corrected chi connectivity index (χ3v) is 12.0. The van der Waals surface area contributed by atoms with Crippen LogP contribution in [0.3, 0.4) is 0 Å². The molecule has 1 saturated heterocycles. The molecule has 2 fully saturated rings. The number of carbonyl (C=O) groups is 3. The van der Waals surface area contributed by atoms with Crippen LogP contribution in [0.25, 0.3) is 0 Å². The SMILES string of the molecule is C=CC(C)(C)c1c2c(c(O)c3c1OC(C)(C)[C@H]1CCC(C)=C[C@@H]31)C(=O)C1=C[C@@H]3C[C@H]4C(C)(C)O[C@@](C/C=C(/C)C(=O)O)(C3=O)[C@@]14O2. The maximum absolute atomic E-state index is 15.0. The average molecular weight is 629 g/mol. The summed E-state index contributed by atoms with van der Waals surface area (Å²) in [6, 6.07) is 0. The van der Waals surface area contributed by atoms with Gasteiger partial charge in [-0.2, -0.15) is 0 Å². The molecule has 244 valence electrons. The van der Waals surface area contributed by atoms with Gasteiger partial charge in [-0.1, -0.05) is 43.7 Å². The van der Waals surface area contributed by atoms with Crippen molar-refractivity contribution < 1.29 is 38.8 Å². The molecule has 8 nitrogen and oxygen atoms in total. The van der Waals surface area contributed by atoms with Crippen LogP contribution in [-0.2, 0) is 19.7 Å². The molecule has 1 spiro atoms. The molecule has 46 heavy (non-hydrogen) atoms. The number of carboxylic acids is 1. The number of phenols is 1. The van der Waals surface area contributed by atoms with Crippen molar-refractivity contribution in [1.29, 1.82) is 0 Å². The highest BCUT2D eigenvalue weighted by Crippen LogP contribution is 2.70. The zero-order valence-corrected chi connectivity index (χ0v) is 28.0. The molecule has 0 amide bonds. The summed E-state index contributed by atoms with van der Waals surface area (Å²) in [5.74, 6) is -2.31. The number of aliphatic carboxylic acids is 1. The van der Waals surface area contributed by atoms with Crippen LogP contribution in [0.2, 0.25) is 0 Å². The standard InChI is InChI=1S/C38H44O8/c1-10-34(4,5)27-30-25(21-15-18(2)11-12-22(21)35(6,7)44-30)29(40)26-28(39)23-16-20-17-24-36(8,9)46-37(32(20)41,14-13-19(3)33(42)43)38(23,24)45-31(26)27/h10,13,15-16,20-22,24,40H,1,11-12,14,17H2,2-9H3,(H,42,43)/b19-13-/t20-,21-,22+,24+,37+,38-/m1/s1. The quantitative estimate of drug-likeness (QED) is 0.267. The van der Waals surface area contributed by atoms with E-state index in [9.17, 15) is 19.8 Å². The molecule has 4 bridgehead atoms. The predicted octanol–water partition coefficient (Wildman–Crippen LogP) is 6.89. The van der Waals surface area contributed by atoms with Crippen LogP contribution in [0.1, 0.15) is 108 Å². The van der Waals surface area contributed by atoms with Gasteiger partial charge in [0.2, 0.25) is 0 Å². The third kappa shape index (κ3) is 3.62. The molecule has 8 heteroatoms. The molecule has 8 rings (SSSR count). The molecular formula is C38H44O8. The number of hydrogen-bond acceptors (Lipinski definition) is 7. The number of Topliss-reactive ketones (excluding diaryl/α,β-unsaturated/α-hetero) is 2. The maximum atomic E-state index is 15.0. The maximum Gasteiger partial charge on any atom is 0.330 e. The van der Waals surface area contributed by atoms with Gasteiger partial charge in [0.25, 0.3) is 0 Å². The van der Waals surface area contributed by atoms with E-state index in [0.29, 0.717) is 28.9 Å². The largest absolute Gasteiger partial charge is 0.507 e. The van der Waals surface area contributed by atoms with Crippen LogP contribution in [-0.4, -0.2) is 50.2 Å². The number of rotatable bonds is 5. The Hall–Kier alpha value is -3.65. The second kappa shape index (κ2) is 9.24. The summed E-state index contributed by atoms with van der Waals surface area (Å²) in [7, 11) is 0. The lowest BCUT2D eigenvalue weighted by Crippen LogP contribution is -2.72. The van der Waals surface area contributed by atoms with E-state index in [1.54, 1.807) is 12.2 Å². The Balaban J connectivity index is 1.56. The number of carboxylic acid groups (broad SMARTS) is 1. The van der Waals surface area contributed by atoms with Gasteiger partial charge in [-0.05, 0) is 60.8 Å². The van der Waals surface area contributed by atoms with Crippen LogP contribution >= 0.6 is 0 Å². The Morgan fingerprint density at radius 3 is 2.46 bits per heavy atom. The highest BCUT2D eigenvalue weighted by Gasteiger charge is 2.81. The van der Waals surface area contributed by atoms with Crippen LogP contribution in [0, 0.1) is 17.8 Å². The Labute approximate surface area is 270 Å². The minimum Gasteiger partial charge on any atom is -0.507 e. The Morgan fingerprint density at radius 1 is 1.11 bits per heavy atom. The summed E-state index contributed by atoms with van der Waals surface area (Å²) in [4.78, 5) is 41.2. The van der Waals surface area contributed by atoms with E-state index in [1.807, 2.05) is 27.7 Å². The number of allylic oxidation sites excluding steroid dienone is 4. The monoisotopic (exact) mass is 628 g/mol. The van der Waals surface area contributed by atoms with Crippen molar-refractivity contribution in [2.75, 3.05) is 0 Å². The zero-order valence-electron chi connectivity index (χ0n) is 28.0. The molecule has 0 unspecified atom stereocenters. The van der Waals surface area contributed by atoms with Gasteiger partial charge >= 0.3 is 5.97 Å². The third-order valence-electron chi connectivity index (χ3n) is 12.0. The second-order valence-corrected chi connectivity index (χ2v) is 15.9. The summed E-state index contributed by atoms with van der Waals surface area (Å²) >= 11 is 0. The lowest BCUT2D eigenvalue weighted by Gasteiger charge is -2.57. The molecule has 1 aromatic carbocycles. The second-order valence-electron chi connectivity index (χ2n) is 15.9. The number of fused-ring (bicyclic) bond motifs is 4. The molecule has 7 aliphatic rings. The van der Waals surface area contributed by atoms with Crippen molar-refractivity contribution in [3.8, 4) is 17.2 Å². The molecule has 4 aliphatic carbocycles. The first-order valence-electron chi connectivity index (χ1n) is 16.4. The average Bonchev–Trinajstić information content (AvgIpc) is 3.12. The van der Waals surface area contributed by atoms with E-state index < -0.39 is 51.4 Å². The molecule has 0 aromatic heterocycles. The van der Waals surface area contributed by atoms with Crippen molar-refractivity contribution in [3.63, 3.8) is 0 Å². The number of phenolic OH excluding ortho intramolecular Hbond substituents is 1. The molecule has 2 N–H and O–H groups in total. The van der Waals surface area contributed by atoms with Crippen molar-refractivity contribution in [1.82, 2.24) is 0 Å². The van der Waals surface area contributed by atoms with Crippen LogP contribution < -0.4 is 9.47 Å². The van der Waals surface area contributed by atoms with Gasteiger partial charge in [0.15, 0.2) is 22.8 Å². The summed E-state index contributed by atoms with van der Waals surface area (Å²) in [5, 5.41) is 21.9. The van der Waals surface area contributed by atoms with Crippen LogP contribution in [0.5, 0.6) is 17.2 Å². The van der Waals surface area contributed by atoms with Gasteiger partial charge in [0.05, 0.1) is 5.60 Å². The fraction of sp³-hybridized carbons (Fsp3) is 0.553.